The van der Waals surface area contributed by atoms with Gasteiger partial charge >= 0.3 is 5.97 Å². The molecule has 2 N–H and O–H groups in total. The number of carbonyl (C=O) groups is 1. The summed E-state index contributed by atoms with van der Waals surface area (Å²) in [6, 6.07) is 0. The molecule has 1 fully saturated rings. The van der Waals surface area contributed by atoms with E-state index >= 15 is 0 Å². The number of nitrogens with zero attached hydrogens (tertiary/aromatic N) is 2. The summed E-state index contributed by atoms with van der Waals surface area (Å²) in [7, 11) is 0. The first-order valence-corrected chi connectivity index (χ1v) is 10.5. The Kier molecular flexibility index (Phi) is 8.92. The maximum atomic E-state index is 11.2. The van der Waals surface area contributed by atoms with Gasteiger partial charge in [0.2, 0.25) is 5.69 Å². The van der Waals surface area contributed by atoms with Gasteiger partial charge in [-0.2, -0.15) is 0 Å². The largest absolute Gasteiger partial charge is 0.476 e. The molecule has 0 spiro atoms. The Balaban J connectivity index is 1.88. The number of hydrogen-bond donors (Lipinski definition) is 2. The fraction of sp³-hybridized carbons (Fsp3) is 0.850. The van der Waals surface area contributed by atoms with Crippen LogP contribution in [0, 0.1) is 11.8 Å². The number of carboxylic acids is 1. The van der Waals surface area contributed by atoms with E-state index in [9.17, 15) is 4.79 Å². The zero-order valence-corrected chi connectivity index (χ0v) is 16.4. The lowest BCUT2D eigenvalue weighted by atomic mass is 9.80. The number of nitrogens with one attached hydrogen (secondary N) is 1. The minimum atomic E-state index is -1.08. The van der Waals surface area contributed by atoms with Crippen LogP contribution in [0.1, 0.15) is 101 Å². The van der Waals surface area contributed by atoms with E-state index in [0.29, 0.717) is 0 Å². The van der Waals surface area contributed by atoms with Crippen LogP contribution < -0.4 is 4.74 Å². The first-order chi connectivity index (χ1) is 12.7. The molecule has 1 aliphatic rings. The lowest BCUT2D eigenvalue weighted by Gasteiger charge is -2.26. The fourth-order valence-corrected chi connectivity index (χ4v) is 4.29. The fourth-order valence-electron chi connectivity index (χ4n) is 4.29. The Hall–Kier alpha value is -1.59. The Bertz CT molecular complexity index is 532. The predicted octanol–water partition coefficient (Wildman–Crippen LogP) is 5.22. The van der Waals surface area contributed by atoms with E-state index in [-0.39, 0.29) is 17.7 Å². The van der Waals surface area contributed by atoms with Gasteiger partial charge in [0.15, 0.2) is 0 Å². The van der Waals surface area contributed by atoms with E-state index in [1.807, 2.05) is 0 Å². The van der Waals surface area contributed by atoms with Crippen LogP contribution in [0.4, 0.5) is 0 Å². The summed E-state index contributed by atoms with van der Waals surface area (Å²) in [6.07, 6.45) is 14.7. The SMILES string of the molecule is CCCCCC(CC)C1CCCCC(Oc2nn[nH]c2C(=O)O)CCC1. The van der Waals surface area contributed by atoms with E-state index in [1.54, 1.807) is 0 Å². The van der Waals surface area contributed by atoms with Crippen LogP contribution in [0.3, 0.4) is 0 Å². The van der Waals surface area contributed by atoms with Crippen LogP contribution >= 0.6 is 0 Å². The molecule has 0 aliphatic heterocycles. The second kappa shape index (κ2) is 11.2. The number of rotatable bonds is 9. The lowest BCUT2D eigenvalue weighted by Crippen LogP contribution is -2.18. The Morgan fingerprint density at radius 3 is 2.65 bits per heavy atom. The molecule has 0 bridgehead atoms. The number of unbranched alkanes of at least 4 members (excludes halogenated alkanes) is 2. The highest BCUT2D eigenvalue weighted by Crippen LogP contribution is 2.33. The summed E-state index contributed by atoms with van der Waals surface area (Å²) in [4.78, 5) is 11.2. The monoisotopic (exact) mass is 365 g/mol. The molecule has 2 rings (SSSR count). The van der Waals surface area contributed by atoms with Crippen LogP contribution in [0.25, 0.3) is 0 Å². The summed E-state index contributed by atoms with van der Waals surface area (Å²) in [5, 5.41) is 18.9. The molecular formula is C20H35N3O3. The van der Waals surface area contributed by atoms with Crippen molar-refractivity contribution >= 4 is 5.97 Å². The Labute approximate surface area is 157 Å². The normalized spacial score (nSPS) is 22.8. The van der Waals surface area contributed by atoms with E-state index < -0.39 is 5.97 Å². The smallest absolute Gasteiger partial charge is 0.359 e. The number of aromatic nitrogens is 3. The van der Waals surface area contributed by atoms with Crippen molar-refractivity contribution in [1.82, 2.24) is 15.4 Å². The van der Waals surface area contributed by atoms with Crippen molar-refractivity contribution in [2.75, 3.05) is 0 Å². The first-order valence-electron chi connectivity index (χ1n) is 10.5. The predicted molar refractivity (Wildman–Crippen MR) is 101 cm³/mol. The highest BCUT2D eigenvalue weighted by Gasteiger charge is 2.24. The summed E-state index contributed by atoms with van der Waals surface area (Å²) in [5.74, 6) is 0.737. The molecule has 0 saturated heterocycles. The van der Waals surface area contributed by atoms with E-state index in [1.165, 1.54) is 51.4 Å². The molecular weight excluding hydrogens is 330 g/mol. The standard InChI is InChI=1S/C20H35N3O3/c1-3-5-6-10-15(4-2)16-11-7-8-13-17(14-9-12-16)26-19-18(20(24)25)21-23-22-19/h15-17H,3-14H2,1-2H3,(H,24,25)(H,21,22,23). The van der Waals surface area contributed by atoms with Crippen molar-refractivity contribution in [3.05, 3.63) is 5.69 Å². The van der Waals surface area contributed by atoms with Crippen LogP contribution in [0.2, 0.25) is 0 Å². The average Bonchev–Trinajstić information content (AvgIpc) is 3.12. The Morgan fingerprint density at radius 2 is 1.92 bits per heavy atom. The van der Waals surface area contributed by atoms with Gasteiger partial charge < -0.3 is 9.84 Å². The molecule has 148 valence electrons. The molecule has 0 aromatic carbocycles. The maximum Gasteiger partial charge on any atom is 0.359 e. The van der Waals surface area contributed by atoms with Gasteiger partial charge in [-0.25, -0.2) is 9.89 Å². The molecule has 1 saturated carbocycles. The van der Waals surface area contributed by atoms with Crippen LogP contribution in [0.15, 0.2) is 0 Å². The highest BCUT2D eigenvalue weighted by atomic mass is 16.5. The zero-order valence-electron chi connectivity index (χ0n) is 16.4. The topological polar surface area (TPSA) is 88.1 Å². The molecule has 3 unspecified atom stereocenters. The molecule has 6 nitrogen and oxygen atoms in total. The molecule has 1 aliphatic carbocycles. The van der Waals surface area contributed by atoms with E-state index in [2.05, 4.69) is 29.3 Å². The van der Waals surface area contributed by atoms with Gasteiger partial charge in [0.05, 0.1) is 0 Å². The number of aromatic carboxylic acids is 1. The van der Waals surface area contributed by atoms with E-state index in [0.717, 1.165) is 37.5 Å². The molecule has 1 aromatic heterocycles. The second-order valence-corrected chi connectivity index (χ2v) is 7.68. The minimum Gasteiger partial charge on any atom is -0.476 e. The third-order valence-electron chi connectivity index (χ3n) is 5.83. The summed E-state index contributed by atoms with van der Waals surface area (Å²) in [6.45, 7) is 4.61. The van der Waals surface area contributed by atoms with E-state index in [4.69, 9.17) is 9.84 Å². The first kappa shape index (κ1) is 20.7. The summed E-state index contributed by atoms with van der Waals surface area (Å²) < 4.78 is 5.89. The van der Waals surface area contributed by atoms with Crippen LogP contribution in [0.5, 0.6) is 5.88 Å². The molecule has 1 aromatic rings. The van der Waals surface area contributed by atoms with Gasteiger partial charge in [-0.15, -0.1) is 0 Å². The molecule has 26 heavy (non-hydrogen) atoms. The summed E-state index contributed by atoms with van der Waals surface area (Å²) in [5.41, 5.74) is -0.0512. The van der Waals surface area contributed by atoms with Crippen molar-refractivity contribution in [1.29, 1.82) is 0 Å². The number of H-pyrrole nitrogens is 1. The number of carboxylic acid groups (broad SMARTS) is 1. The second-order valence-electron chi connectivity index (χ2n) is 7.68. The third kappa shape index (κ3) is 6.29. The quantitative estimate of drug-likeness (QED) is 0.586. The molecule has 0 amide bonds. The lowest BCUT2D eigenvalue weighted by molar-refractivity contribution is 0.0680. The zero-order chi connectivity index (χ0) is 18.8. The molecule has 6 heteroatoms. The average molecular weight is 366 g/mol. The van der Waals surface area contributed by atoms with Gasteiger partial charge in [-0.05, 0) is 37.5 Å². The minimum absolute atomic E-state index is 0.0390. The number of hydrogen-bond acceptors (Lipinski definition) is 4. The molecule has 1 heterocycles. The van der Waals surface area contributed by atoms with Gasteiger partial charge in [-0.1, -0.05) is 75.5 Å². The molecule has 0 radical (unpaired) electrons. The molecule has 3 atom stereocenters. The van der Waals surface area contributed by atoms with Crippen molar-refractivity contribution in [3.63, 3.8) is 0 Å². The van der Waals surface area contributed by atoms with Gasteiger partial charge in [-0.3, -0.25) is 0 Å². The van der Waals surface area contributed by atoms with Gasteiger partial charge in [0.25, 0.3) is 5.88 Å². The Morgan fingerprint density at radius 1 is 1.19 bits per heavy atom. The van der Waals surface area contributed by atoms with Crippen LogP contribution in [-0.2, 0) is 0 Å². The van der Waals surface area contributed by atoms with Gasteiger partial charge in [0, 0.05) is 0 Å². The maximum absolute atomic E-state index is 11.2. The number of ether oxygens (including phenoxy) is 1. The van der Waals surface area contributed by atoms with Crippen molar-refractivity contribution in [3.8, 4) is 5.88 Å². The van der Waals surface area contributed by atoms with Crippen molar-refractivity contribution < 1.29 is 14.6 Å². The van der Waals surface area contributed by atoms with Crippen molar-refractivity contribution in [2.24, 2.45) is 11.8 Å². The number of aromatic amines is 1. The van der Waals surface area contributed by atoms with Crippen LogP contribution in [-0.4, -0.2) is 32.6 Å². The summed E-state index contributed by atoms with van der Waals surface area (Å²) >= 11 is 0. The third-order valence-corrected chi connectivity index (χ3v) is 5.83. The van der Waals surface area contributed by atoms with Gasteiger partial charge in [0.1, 0.15) is 6.10 Å². The van der Waals surface area contributed by atoms with Crippen molar-refractivity contribution in [2.45, 2.75) is 97.0 Å². The highest BCUT2D eigenvalue weighted by molar-refractivity contribution is 5.87.